The minimum Gasteiger partial charge on any atom is -0.309 e. The molecule has 0 atom stereocenters. The maximum atomic E-state index is 2.51. The van der Waals surface area contributed by atoms with Crippen LogP contribution in [0.1, 0.15) is 25.0 Å². The largest absolute Gasteiger partial charge is 0.309 e. The molecule has 50 heavy (non-hydrogen) atoms. The predicted molar refractivity (Wildman–Crippen MR) is 213 cm³/mol. The van der Waals surface area contributed by atoms with Crippen molar-refractivity contribution >= 4 is 54.1 Å². The first kappa shape index (κ1) is 27.7. The van der Waals surface area contributed by atoms with Crippen LogP contribution < -0.4 is 0 Å². The van der Waals surface area contributed by atoms with E-state index in [1.165, 1.54) is 104 Å². The van der Waals surface area contributed by atoms with Crippen LogP contribution in [0.15, 0.2) is 164 Å². The van der Waals surface area contributed by atoms with Gasteiger partial charge in [0.1, 0.15) is 0 Å². The molecule has 0 amide bonds. The average molecular weight is 636 g/mol. The van der Waals surface area contributed by atoms with Crippen molar-refractivity contribution in [2.45, 2.75) is 19.3 Å². The van der Waals surface area contributed by atoms with Crippen LogP contribution in [-0.4, -0.2) is 4.57 Å². The summed E-state index contributed by atoms with van der Waals surface area (Å²) < 4.78 is 2.51. The van der Waals surface area contributed by atoms with E-state index in [1.807, 2.05) is 0 Å². The number of rotatable bonds is 3. The van der Waals surface area contributed by atoms with Crippen LogP contribution in [0.2, 0.25) is 0 Å². The highest BCUT2D eigenvalue weighted by molar-refractivity contribution is 6.28. The first-order chi connectivity index (χ1) is 24.6. The van der Waals surface area contributed by atoms with Gasteiger partial charge in [0.2, 0.25) is 0 Å². The van der Waals surface area contributed by atoms with Gasteiger partial charge in [-0.25, -0.2) is 0 Å². The Labute approximate surface area is 291 Å². The summed E-state index contributed by atoms with van der Waals surface area (Å²) in [7, 11) is 0. The summed E-state index contributed by atoms with van der Waals surface area (Å²) in [6.07, 6.45) is 0. The fourth-order valence-corrected chi connectivity index (χ4v) is 9.30. The van der Waals surface area contributed by atoms with E-state index in [0.717, 1.165) is 0 Å². The molecule has 1 aromatic heterocycles. The van der Waals surface area contributed by atoms with Crippen LogP contribution >= 0.6 is 0 Å². The zero-order valence-electron chi connectivity index (χ0n) is 28.0. The SMILES string of the molecule is CC1(C)c2ccccc2-c2ccc3c4cc(-c5ccc6ccc7c(-c8ccccc8)ccc8ccc5c6c87)ccc4n(-c4ccccc4)c3c21. The fraction of sp³-hybridized carbons (Fsp3) is 0.0612. The van der Waals surface area contributed by atoms with Crippen LogP contribution in [-0.2, 0) is 5.41 Å². The predicted octanol–water partition coefficient (Wildman–Crippen LogP) is 13.3. The highest BCUT2D eigenvalue weighted by atomic mass is 15.0. The lowest BCUT2D eigenvalue weighted by atomic mass is 9.81. The standard InChI is InChI=1S/C49H33N/c1-49(2)43-16-10-9-15-37(43)40-26-27-41-42-29-33(21-28-44(42)50(48(41)47(40)49)34-13-7-4-8-14-34)36-23-18-32-19-24-38-35(30-11-5-3-6-12-30)22-17-31-20-25-39(36)46(32)45(31)38/h3-29H,1-2H3. The first-order valence-corrected chi connectivity index (χ1v) is 17.6. The molecule has 0 aliphatic heterocycles. The summed E-state index contributed by atoms with van der Waals surface area (Å²) in [6, 6.07) is 61.0. The molecule has 1 nitrogen and oxygen atoms in total. The van der Waals surface area contributed by atoms with Gasteiger partial charge in [0.25, 0.3) is 0 Å². The smallest absolute Gasteiger partial charge is 0.0588 e. The van der Waals surface area contributed by atoms with Gasteiger partial charge in [-0.3, -0.25) is 0 Å². The summed E-state index contributed by atoms with van der Waals surface area (Å²) in [6.45, 7) is 4.78. The number of benzene rings is 9. The van der Waals surface area contributed by atoms with Crippen LogP contribution in [0.5, 0.6) is 0 Å². The van der Waals surface area contributed by atoms with Crippen molar-refractivity contribution in [3.63, 3.8) is 0 Å². The summed E-state index contributed by atoms with van der Waals surface area (Å²) in [5, 5.41) is 10.5. The lowest BCUT2D eigenvalue weighted by Gasteiger charge is -2.23. The van der Waals surface area contributed by atoms with E-state index in [2.05, 4.69) is 182 Å². The third-order valence-electron chi connectivity index (χ3n) is 11.5. The second-order valence-corrected chi connectivity index (χ2v) is 14.5. The van der Waals surface area contributed by atoms with Crippen molar-refractivity contribution in [2.75, 3.05) is 0 Å². The summed E-state index contributed by atoms with van der Waals surface area (Å²) in [4.78, 5) is 0. The molecule has 1 heterocycles. The zero-order valence-corrected chi connectivity index (χ0v) is 28.0. The van der Waals surface area contributed by atoms with Crippen molar-refractivity contribution < 1.29 is 0 Å². The molecule has 0 N–H and O–H groups in total. The van der Waals surface area contributed by atoms with Crippen molar-refractivity contribution in [3.05, 3.63) is 175 Å². The molecule has 0 saturated heterocycles. The third-order valence-corrected chi connectivity index (χ3v) is 11.5. The Morgan fingerprint density at radius 1 is 0.420 bits per heavy atom. The Kier molecular flexibility index (Phi) is 5.51. The number of nitrogens with zero attached hydrogens (tertiary/aromatic N) is 1. The number of fused-ring (bicyclic) bond motifs is 7. The molecule has 0 bridgehead atoms. The number of para-hydroxylation sites is 1. The Morgan fingerprint density at radius 3 is 1.72 bits per heavy atom. The van der Waals surface area contributed by atoms with E-state index < -0.39 is 0 Å². The van der Waals surface area contributed by atoms with Gasteiger partial charge in [-0.1, -0.05) is 153 Å². The van der Waals surface area contributed by atoms with Crippen LogP contribution in [0, 0.1) is 0 Å². The van der Waals surface area contributed by atoms with Crippen LogP contribution in [0.4, 0.5) is 0 Å². The zero-order chi connectivity index (χ0) is 33.1. The van der Waals surface area contributed by atoms with Gasteiger partial charge in [0.05, 0.1) is 11.0 Å². The van der Waals surface area contributed by atoms with Crippen molar-refractivity contribution in [2.24, 2.45) is 0 Å². The van der Waals surface area contributed by atoms with Crippen molar-refractivity contribution in [1.82, 2.24) is 4.57 Å². The summed E-state index contributed by atoms with van der Waals surface area (Å²) >= 11 is 0. The van der Waals surface area contributed by atoms with Gasteiger partial charge in [-0.15, -0.1) is 0 Å². The van der Waals surface area contributed by atoms with E-state index in [0.29, 0.717) is 0 Å². The Balaban J connectivity index is 1.20. The molecule has 0 saturated carbocycles. The van der Waals surface area contributed by atoms with E-state index in [1.54, 1.807) is 0 Å². The normalized spacial score (nSPS) is 13.6. The Bertz CT molecular complexity index is 2980. The third kappa shape index (κ3) is 3.62. The summed E-state index contributed by atoms with van der Waals surface area (Å²) in [5.74, 6) is 0. The van der Waals surface area contributed by atoms with Gasteiger partial charge < -0.3 is 4.57 Å². The molecule has 234 valence electrons. The van der Waals surface area contributed by atoms with E-state index in [9.17, 15) is 0 Å². The number of aromatic nitrogens is 1. The molecule has 1 aliphatic rings. The maximum absolute atomic E-state index is 2.51. The average Bonchev–Trinajstić information content (AvgIpc) is 3.62. The molecular weight excluding hydrogens is 603 g/mol. The molecule has 1 aliphatic carbocycles. The minimum atomic E-state index is -0.125. The molecule has 0 spiro atoms. The van der Waals surface area contributed by atoms with E-state index in [4.69, 9.17) is 0 Å². The lowest BCUT2D eigenvalue weighted by Crippen LogP contribution is -2.16. The molecule has 11 rings (SSSR count). The van der Waals surface area contributed by atoms with Crippen LogP contribution in [0.25, 0.3) is 93.2 Å². The van der Waals surface area contributed by atoms with Gasteiger partial charge in [0, 0.05) is 21.9 Å². The fourth-order valence-electron chi connectivity index (χ4n) is 9.30. The highest BCUT2D eigenvalue weighted by Crippen LogP contribution is 2.53. The Hall–Kier alpha value is -6.18. The maximum Gasteiger partial charge on any atom is 0.0588 e. The first-order valence-electron chi connectivity index (χ1n) is 17.6. The molecule has 9 aromatic carbocycles. The van der Waals surface area contributed by atoms with Gasteiger partial charge in [-0.05, 0) is 101 Å². The molecule has 0 radical (unpaired) electrons. The molecule has 1 heteroatoms. The summed E-state index contributed by atoms with van der Waals surface area (Å²) in [5.41, 5.74) is 14.2. The van der Waals surface area contributed by atoms with Crippen molar-refractivity contribution in [3.8, 4) is 39.1 Å². The van der Waals surface area contributed by atoms with Gasteiger partial charge in [-0.2, -0.15) is 0 Å². The van der Waals surface area contributed by atoms with E-state index >= 15 is 0 Å². The minimum absolute atomic E-state index is 0.125. The van der Waals surface area contributed by atoms with Gasteiger partial charge >= 0.3 is 0 Å². The Morgan fingerprint density at radius 2 is 1.00 bits per heavy atom. The molecule has 0 unspecified atom stereocenters. The molecule has 0 fully saturated rings. The number of hydrogen-bond donors (Lipinski definition) is 0. The monoisotopic (exact) mass is 635 g/mol. The lowest BCUT2D eigenvalue weighted by molar-refractivity contribution is 0.664. The quantitative estimate of drug-likeness (QED) is 0.170. The van der Waals surface area contributed by atoms with Gasteiger partial charge in [0.15, 0.2) is 0 Å². The topological polar surface area (TPSA) is 4.93 Å². The van der Waals surface area contributed by atoms with E-state index in [-0.39, 0.29) is 5.41 Å². The number of hydrogen-bond acceptors (Lipinski definition) is 0. The molecular formula is C49H33N. The highest BCUT2D eigenvalue weighted by Gasteiger charge is 2.38. The second kappa shape index (κ2) is 9.94. The molecule has 10 aromatic rings. The van der Waals surface area contributed by atoms with Crippen LogP contribution in [0.3, 0.4) is 0 Å². The second-order valence-electron chi connectivity index (χ2n) is 14.5. The van der Waals surface area contributed by atoms with Crippen molar-refractivity contribution in [1.29, 1.82) is 0 Å².